The summed E-state index contributed by atoms with van der Waals surface area (Å²) in [6.45, 7) is 8.55. The molecule has 1 aromatic heterocycles. The monoisotopic (exact) mass is 211 g/mol. The van der Waals surface area contributed by atoms with Crippen LogP contribution >= 0.6 is 0 Å². The van der Waals surface area contributed by atoms with Gasteiger partial charge in [-0.05, 0) is 13.1 Å². The number of hydrogen-bond donors (Lipinski definition) is 0. The standard InChI is InChI=1S/C10H17N3O2/c1-4-13(5-2)7-6-9-11-10(8(3)14)15-12-9/h4-7H2,1-3H3. The van der Waals surface area contributed by atoms with Crippen LogP contribution in [-0.2, 0) is 6.42 Å². The van der Waals surface area contributed by atoms with E-state index in [0.29, 0.717) is 5.82 Å². The zero-order valence-electron chi connectivity index (χ0n) is 9.49. The molecule has 0 amide bonds. The number of likely N-dealkylation sites (N-methyl/N-ethyl adjacent to an activating group) is 1. The maximum Gasteiger partial charge on any atom is 0.293 e. The Kier molecular flexibility index (Phi) is 4.42. The molecule has 0 aliphatic heterocycles. The van der Waals surface area contributed by atoms with E-state index in [-0.39, 0.29) is 11.7 Å². The smallest absolute Gasteiger partial charge is 0.293 e. The number of nitrogens with zero attached hydrogens (tertiary/aromatic N) is 3. The normalized spacial score (nSPS) is 10.9. The summed E-state index contributed by atoms with van der Waals surface area (Å²) in [6.07, 6.45) is 0.721. The van der Waals surface area contributed by atoms with Crippen molar-refractivity contribution in [2.75, 3.05) is 19.6 Å². The van der Waals surface area contributed by atoms with Crippen molar-refractivity contribution in [1.82, 2.24) is 15.0 Å². The quantitative estimate of drug-likeness (QED) is 0.661. The minimum Gasteiger partial charge on any atom is -0.331 e. The third-order valence-electron chi connectivity index (χ3n) is 2.32. The van der Waals surface area contributed by atoms with Crippen LogP contribution in [0, 0.1) is 0 Å². The van der Waals surface area contributed by atoms with Crippen molar-refractivity contribution in [2.24, 2.45) is 0 Å². The number of aromatic nitrogens is 2. The van der Waals surface area contributed by atoms with E-state index in [4.69, 9.17) is 4.52 Å². The van der Waals surface area contributed by atoms with Gasteiger partial charge in [0.15, 0.2) is 5.82 Å². The fraction of sp³-hybridized carbons (Fsp3) is 0.700. The van der Waals surface area contributed by atoms with E-state index in [1.165, 1.54) is 6.92 Å². The molecule has 0 radical (unpaired) electrons. The van der Waals surface area contributed by atoms with E-state index >= 15 is 0 Å². The first-order valence-electron chi connectivity index (χ1n) is 5.23. The molecule has 0 aliphatic rings. The number of ketones is 1. The summed E-state index contributed by atoms with van der Waals surface area (Å²) in [5.41, 5.74) is 0. The predicted octanol–water partition coefficient (Wildman–Crippen LogP) is 1.16. The zero-order valence-corrected chi connectivity index (χ0v) is 9.49. The van der Waals surface area contributed by atoms with Gasteiger partial charge in [-0.2, -0.15) is 4.98 Å². The van der Waals surface area contributed by atoms with E-state index < -0.39 is 0 Å². The van der Waals surface area contributed by atoms with Crippen LogP contribution in [0.5, 0.6) is 0 Å². The van der Waals surface area contributed by atoms with Gasteiger partial charge in [0.25, 0.3) is 5.89 Å². The first-order chi connectivity index (χ1) is 7.17. The molecular weight excluding hydrogens is 194 g/mol. The van der Waals surface area contributed by atoms with Crippen LogP contribution < -0.4 is 0 Å². The Bertz CT molecular complexity index is 318. The van der Waals surface area contributed by atoms with E-state index in [1.54, 1.807) is 0 Å². The first kappa shape index (κ1) is 11.8. The van der Waals surface area contributed by atoms with E-state index in [1.807, 2.05) is 0 Å². The van der Waals surface area contributed by atoms with Crippen LogP contribution in [0.4, 0.5) is 0 Å². The Morgan fingerprint density at radius 3 is 2.53 bits per heavy atom. The third-order valence-corrected chi connectivity index (χ3v) is 2.32. The zero-order chi connectivity index (χ0) is 11.3. The van der Waals surface area contributed by atoms with Crippen LogP contribution in [0.25, 0.3) is 0 Å². The highest BCUT2D eigenvalue weighted by Gasteiger charge is 2.10. The summed E-state index contributed by atoms with van der Waals surface area (Å²) in [5, 5.41) is 3.74. The van der Waals surface area contributed by atoms with Gasteiger partial charge < -0.3 is 9.42 Å². The highest BCUT2D eigenvalue weighted by Crippen LogP contribution is 2.00. The van der Waals surface area contributed by atoms with Crippen molar-refractivity contribution >= 4 is 5.78 Å². The van der Waals surface area contributed by atoms with E-state index in [9.17, 15) is 4.79 Å². The predicted molar refractivity (Wildman–Crippen MR) is 55.8 cm³/mol. The van der Waals surface area contributed by atoms with E-state index in [2.05, 4.69) is 28.9 Å². The SMILES string of the molecule is CCN(CC)CCc1noc(C(C)=O)n1. The topological polar surface area (TPSA) is 59.2 Å². The summed E-state index contributed by atoms with van der Waals surface area (Å²) < 4.78 is 4.80. The number of rotatable bonds is 6. The van der Waals surface area contributed by atoms with Crippen LogP contribution in [-0.4, -0.2) is 40.5 Å². The molecule has 0 saturated carbocycles. The molecule has 5 heteroatoms. The van der Waals surface area contributed by atoms with Crippen molar-refractivity contribution < 1.29 is 9.32 Å². The molecule has 0 spiro atoms. The summed E-state index contributed by atoms with van der Waals surface area (Å²) >= 11 is 0. The third kappa shape index (κ3) is 3.43. The molecule has 15 heavy (non-hydrogen) atoms. The molecule has 1 heterocycles. The van der Waals surface area contributed by atoms with Crippen LogP contribution in [0.15, 0.2) is 4.52 Å². The van der Waals surface area contributed by atoms with Gasteiger partial charge >= 0.3 is 0 Å². The average molecular weight is 211 g/mol. The van der Waals surface area contributed by atoms with E-state index in [0.717, 1.165) is 26.1 Å². The average Bonchev–Trinajstić information content (AvgIpc) is 2.68. The second-order valence-electron chi connectivity index (χ2n) is 3.35. The molecule has 1 rings (SSSR count). The molecule has 0 fully saturated rings. The van der Waals surface area contributed by atoms with Gasteiger partial charge in [0.1, 0.15) is 0 Å². The van der Waals surface area contributed by atoms with Crippen LogP contribution in [0.1, 0.15) is 37.3 Å². The number of carbonyl (C=O) groups excluding carboxylic acids is 1. The van der Waals surface area contributed by atoms with Crippen molar-refractivity contribution in [3.05, 3.63) is 11.7 Å². The second-order valence-corrected chi connectivity index (χ2v) is 3.35. The number of carbonyl (C=O) groups is 1. The minimum absolute atomic E-state index is 0.101. The molecule has 0 atom stereocenters. The molecule has 0 saturated heterocycles. The van der Waals surface area contributed by atoms with Crippen molar-refractivity contribution in [1.29, 1.82) is 0 Å². The van der Waals surface area contributed by atoms with Gasteiger partial charge in [-0.3, -0.25) is 4.79 Å². The highest BCUT2D eigenvalue weighted by molar-refractivity contribution is 5.89. The Morgan fingerprint density at radius 1 is 1.40 bits per heavy atom. The van der Waals surface area contributed by atoms with Crippen LogP contribution in [0.3, 0.4) is 0 Å². The molecule has 0 aromatic carbocycles. The summed E-state index contributed by atoms with van der Waals surface area (Å²) in [5.74, 6) is 0.522. The lowest BCUT2D eigenvalue weighted by molar-refractivity contribution is 0.0972. The Morgan fingerprint density at radius 2 is 2.07 bits per heavy atom. The second kappa shape index (κ2) is 5.60. The Labute approximate surface area is 89.5 Å². The van der Waals surface area contributed by atoms with Crippen LogP contribution in [0.2, 0.25) is 0 Å². The van der Waals surface area contributed by atoms with Gasteiger partial charge in [-0.1, -0.05) is 19.0 Å². The lowest BCUT2D eigenvalue weighted by Crippen LogP contribution is -2.25. The minimum atomic E-state index is -0.184. The summed E-state index contributed by atoms with van der Waals surface area (Å²) in [4.78, 5) is 17.2. The van der Waals surface area contributed by atoms with Gasteiger partial charge in [-0.15, -0.1) is 0 Å². The lowest BCUT2D eigenvalue weighted by Gasteiger charge is -2.16. The number of Topliss-reactive ketones (excluding diaryl/α,β-unsaturated/α-hetero) is 1. The molecule has 1 aromatic rings. The van der Waals surface area contributed by atoms with Crippen molar-refractivity contribution in [3.63, 3.8) is 0 Å². The van der Waals surface area contributed by atoms with Crippen molar-refractivity contribution in [3.8, 4) is 0 Å². The fourth-order valence-electron chi connectivity index (χ4n) is 1.30. The highest BCUT2D eigenvalue weighted by atomic mass is 16.5. The fourth-order valence-corrected chi connectivity index (χ4v) is 1.30. The maximum absolute atomic E-state index is 10.9. The summed E-state index contributed by atoms with van der Waals surface area (Å²) in [6, 6.07) is 0. The van der Waals surface area contributed by atoms with Gasteiger partial charge in [0.2, 0.25) is 5.78 Å². The molecule has 0 unspecified atom stereocenters. The Balaban J connectivity index is 2.47. The largest absolute Gasteiger partial charge is 0.331 e. The Hall–Kier alpha value is -1.23. The van der Waals surface area contributed by atoms with Gasteiger partial charge in [0, 0.05) is 19.9 Å². The van der Waals surface area contributed by atoms with Crippen molar-refractivity contribution in [2.45, 2.75) is 27.2 Å². The van der Waals surface area contributed by atoms with Gasteiger partial charge in [-0.25, -0.2) is 0 Å². The van der Waals surface area contributed by atoms with Gasteiger partial charge in [0.05, 0.1) is 0 Å². The molecular formula is C10H17N3O2. The molecule has 0 bridgehead atoms. The number of hydrogen-bond acceptors (Lipinski definition) is 5. The first-order valence-corrected chi connectivity index (χ1v) is 5.23. The molecule has 0 aliphatic carbocycles. The lowest BCUT2D eigenvalue weighted by atomic mass is 10.3. The molecule has 84 valence electrons. The molecule has 0 N–H and O–H groups in total. The molecule has 5 nitrogen and oxygen atoms in total. The summed E-state index contributed by atoms with van der Waals surface area (Å²) in [7, 11) is 0. The maximum atomic E-state index is 10.9.